The van der Waals surface area contributed by atoms with Crippen LogP contribution in [-0.4, -0.2) is 42.5 Å². The van der Waals surface area contributed by atoms with E-state index < -0.39 is 0 Å². The Morgan fingerprint density at radius 1 is 1.44 bits per heavy atom. The summed E-state index contributed by atoms with van der Waals surface area (Å²) in [6.45, 7) is 8.99. The van der Waals surface area contributed by atoms with Gasteiger partial charge in [0, 0.05) is 19.1 Å². The first-order valence-electron chi connectivity index (χ1n) is 7.33. The van der Waals surface area contributed by atoms with Crippen LogP contribution in [0, 0.1) is 5.92 Å². The summed E-state index contributed by atoms with van der Waals surface area (Å²) in [5.74, 6) is 0.705. The quantitative estimate of drug-likeness (QED) is 0.675. The smallest absolute Gasteiger partial charge is 0.237 e. The zero-order valence-corrected chi connectivity index (χ0v) is 12.1. The van der Waals surface area contributed by atoms with Crippen molar-refractivity contribution in [2.75, 3.05) is 19.6 Å². The molecule has 1 saturated heterocycles. The number of nitrogens with zero attached hydrogens (tertiary/aromatic N) is 1. The van der Waals surface area contributed by atoms with E-state index >= 15 is 0 Å². The average molecular weight is 255 g/mol. The number of nitrogens with two attached hydrogens (primary N) is 1. The first-order chi connectivity index (χ1) is 8.56. The minimum absolute atomic E-state index is 0.0182. The van der Waals surface area contributed by atoms with E-state index in [4.69, 9.17) is 5.73 Å². The fraction of sp³-hybridized carbons (Fsp3) is 0.929. The van der Waals surface area contributed by atoms with Gasteiger partial charge < -0.3 is 11.1 Å². The van der Waals surface area contributed by atoms with Gasteiger partial charge in [0.05, 0.1) is 6.04 Å². The highest BCUT2D eigenvalue weighted by Gasteiger charge is 2.30. The predicted octanol–water partition coefficient (Wildman–Crippen LogP) is 1.35. The molecule has 0 aromatic heterocycles. The molecule has 1 aliphatic rings. The van der Waals surface area contributed by atoms with Crippen molar-refractivity contribution in [3.8, 4) is 0 Å². The number of carbonyl (C=O) groups excluding carboxylic acids is 1. The van der Waals surface area contributed by atoms with Crippen molar-refractivity contribution < 1.29 is 4.79 Å². The number of hydrogen-bond donors (Lipinski definition) is 2. The molecule has 4 nitrogen and oxygen atoms in total. The molecule has 0 aromatic carbocycles. The largest absolute Gasteiger partial charge is 0.355 e. The van der Waals surface area contributed by atoms with Gasteiger partial charge in [0.1, 0.15) is 0 Å². The molecule has 0 aliphatic carbocycles. The molecular weight excluding hydrogens is 226 g/mol. The van der Waals surface area contributed by atoms with E-state index in [2.05, 4.69) is 24.1 Å². The van der Waals surface area contributed by atoms with E-state index in [9.17, 15) is 4.79 Å². The van der Waals surface area contributed by atoms with Crippen LogP contribution in [-0.2, 0) is 4.79 Å². The number of hydrogen-bond acceptors (Lipinski definition) is 3. The normalized spacial score (nSPS) is 23.9. The number of likely N-dealkylation sites (tertiary alicyclic amines) is 1. The SMILES string of the molecule is CCCCCNC(=O)C(C)N1CCC(C(C)N)C1. The van der Waals surface area contributed by atoms with Crippen molar-refractivity contribution in [1.82, 2.24) is 10.2 Å². The summed E-state index contributed by atoms with van der Waals surface area (Å²) in [6, 6.07) is 0.213. The molecule has 3 unspecified atom stereocenters. The summed E-state index contributed by atoms with van der Waals surface area (Å²) >= 11 is 0. The van der Waals surface area contributed by atoms with Crippen LogP contribution in [0.25, 0.3) is 0 Å². The molecule has 0 aromatic rings. The average Bonchev–Trinajstić information content (AvgIpc) is 2.83. The summed E-state index contributed by atoms with van der Waals surface area (Å²) in [6.07, 6.45) is 4.57. The van der Waals surface area contributed by atoms with Gasteiger partial charge in [-0.25, -0.2) is 0 Å². The van der Waals surface area contributed by atoms with Crippen molar-refractivity contribution in [3.05, 3.63) is 0 Å². The van der Waals surface area contributed by atoms with E-state index in [1.807, 2.05) is 6.92 Å². The molecule has 4 heteroatoms. The highest BCUT2D eigenvalue weighted by Crippen LogP contribution is 2.20. The summed E-state index contributed by atoms with van der Waals surface area (Å²) in [5.41, 5.74) is 5.92. The third-order valence-corrected chi connectivity index (χ3v) is 4.01. The number of carbonyl (C=O) groups is 1. The molecule has 1 rings (SSSR count). The number of unbranched alkanes of at least 4 members (excludes halogenated alkanes) is 2. The third-order valence-electron chi connectivity index (χ3n) is 4.01. The van der Waals surface area contributed by atoms with Gasteiger partial charge in [-0.1, -0.05) is 19.8 Å². The maximum Gasteiger partial charge on any atom is 0.237 e. The van der Waals surface area contributed by atoms with E-state index in [-0.39, 0.29) is 18.0 Å². The van der Waals surface area contributed by atoms with Crippen LogP contribution in [0.1, 0.15) is 46.5 Å². The molecule has 0 spiro atoms. The maximum atomic E-state index is 12.0. The first kappa shape index (κ1) is 15.4. The van der Waals surface area contributed by atoms with Crippen molar-refractivity contribution in [2.24, 2.45) is 11.7 Å². The molecule has 106 valence electrons. The van der Waals surface area contributed by atoms with Gasteiger partial charge in [-0.05, 0) is 39.2 Å². The standard InChI is InChI=1S/C14H29N3O/c1-4-5-6-8-16-14(18)12(3)17-9-7-13(10-17)11(2)15/h11-13H,4-10,15H2,1-3H3,(H,16,18). The Morgan fingerprint density at radius 2 is 2.17 bits per heavy atom. The monoisotopic (exact) mass is 255 g/mol. The lowest BCUT2D eigenvalue weighted by Gasteiger charge is -2.24. The first-order valence-corrected chi connectivity index (χ1v) is 7.33. The van der Waals surface area contributed by atoms with Crippen molar-refractivity contribution in [1.29, 1.82) is 0 Å². The topological polar surface area (TPSA) is 58.4 Å². The molecule has 1 fully saturated rings. The lowest BCUT2D eigenvalue weighted by Crippen LogP contribution is -2.45. The lowest BCUT2D eigenvalue weighted by atomic mass is 10.0. The van der Waals surface area contributed by atoms with Gasteiger partial charge >= 0.3 is 0 Å². The van der Waals surface area contributed by atoms with E-state index in [0.717, 1.165) is 32.5 Å². The minimum atomic E-state index is -0.0182. The van der Waals surface area contributed by atoms with Crippen LogP contribution in [0.3, 0.4) is 0 Å². The Morgan fingerprint density at radius 3 is 2.72 bits per heavy atom. The fourth-order valence-electron chi connectivity index (χ4n) is 2.50. The summed E-state index contributed by atoms with van der Waals surface area (Å²) in [4.78, 5) is 14.2. The molecule has 3 N–H and O–H groups in total. The molecule has 0 radical (unpaired) electrons. The highest BCUT2D eigenvalue weighted by atomic mass is 16.2. The van der Waals surface area contributed by atoms with Crippen LogP contribution >= 0.6 is 0 Å². The molecule has 1 heterocycles. The summed E-state index contributed by atoms with van der Waals surface area (Å²) in [5, 5.41) is 3.03. The Hall–Kier alpha value is -0.610. The van der Waals surface area contributed by atoms with Gasteiger partial charge in [-0.15, -0.1) is 0 Å². The zero-order valence-electron chi connectivity index (χ0n) is 12.1. The number of amides is 1. The van der Waals surface area contributed by atoms with Gasteiger partial charge in [0.2, 0.25) is 5.91 Å². The maximum absolute atomic E-state index is 12.0. The van der Waals surface area contributed by atoms with Crippen LogP contribution in [0.2, 0.25) is 0 Å². The second kappa shape index (κ2) is 7.74. The summed E-state index contributed by atoms with van der Waals surface area (Å²) < 4.78 is 0. The molecular formula is C14H29N3O. The second-order valence-electron chi connectivity index (χ2n) is 5.58. The van der Waals surface area contributed by atoms with E-state index in [1.54, 1.807) is 0 Å². The van der Waals surface area contributed by atoms with Gasteiger partial charge in [0.15, 0.2) is 0 Å². The molecule has 1 aliphatic heterocycles. The number of rotatable bonds is 7. The molecule has 0 saturated carbocycles. The fourth-order valence-corrected chi connectivity index (χ4v) is 2.50. The summed E-state index contributed by atoms with van der Waals surface area (Å²) in [7, 11) is 0. The van der Waals surface area contributed by atoms with E-state index in [0.29, 0.717) is 5.92 Å². The Balaban J connectivity index is 2.27. The molecule has 18 heavy (non-hydrogen) atoms. The Labute approximate surface area is 111 Å². The zero-order chi connectivity index (χ0) is 13.5. The van der Waals surface area contributed by atoms with Crippen molar-refractivity contribution in [2.45, 2.75) is 58.5 Å². The van der Waals surface area contributed by atoms with Crippen LogP contribution in [0.15, 0.2) is 0 Å². The predicted molar refractivity (Wildman–Crippen MR) is 75.3 cm³/mol. The number of nitrogens with one attached hydrogen (secondary N) is 1. The highest BCUT2D eigenvalue weighted by molar-refractivity contribution is 5.81. The minimum Gasteiger partial charge on any atom is -0.355 e. The van der Waals surface area contributed by atoms with E-state index in [1.165, 1.54) is 12.8 Å². The van der Waals surface area contributed by atoms with Gasteiger partial charge in [0.25, 0.3) is 0 Å². The van der Waals surface area contributed by atoms with Crippen LogP contribution in [0.4, 0.5) is 0 Å². The second-order valence-corrected chi connectivity index (χ2v) is 5.58. The van der Waals surface area contributed by atoms with Crippen LogP contribution < -0.4 is 11.1 Å². The van der Waals surface area contributed by atoms with Crippen molar-refractivity contribution in [3.63, 3.8) is 0 Å². The van der Waals surface area contributed by atoms with Gasteiger partial charge in [-0.3, -0.25) is 9.69 Å². The molecule has 3 atom stereocenters. The van der Waals surface area contributed by atoms with Crippen molar-refractivity contribution >= 4 is 5.91 Å². The Bertz CT molecular complexity index is 255. The lowest BCUT2D eigenvalue weighted by molar-refractivity contribution is -0.125. The molecule has 0 bridgehead atoms. The molecule has 1 amide bonds. The van der Waals surface area contributed by atoms with Crippen LogP contribution in [0.5, 0.6) is 0 Å². The van der Waals surface area contributed by atoms with Gasteiger partial charge in [-0.2, -0.15) is 0 Å². The Kier molecular flexibility index (Phi) is 6.65. The third kappa shape index (κ3) is 4.58.